The largest absolute Gasteiger partial charge is 0.300 e. The molecule has 4 heteroatoms. The minimum Gasteiger partial charge on any atom is -0.300 e. The van der Waals surface area contributed by atoms with Gasteiger partial charge in [0.15, 0.2) is 0 Å². The van der Waals surface area contributed by atoms with Crippen LogP contribution in [0.1, 0.15) is 57.8 Å². The zero-order chi connectivity index (χ0) is 11.1. The Morgan fingerprint density at radius 1 is 0.875 bits per heavy atom. The Bertz CT molecular complexity index is 324. The minimum absolute atomic E-state index is 0.0226. The lowest BCUT2D eigenvalue weighted by Gasteiger charge is -2.34. The molecule has 2 spiro atoms. The second kappa shape index (κ2) is 3.83. The van der Waals surface area contributed by atoms with Crippen LogP contribution in [0.2, 0.25) is 0 Å². The number of carbonyl (C=O) groups excluding carboxylic acids is 1. The van der Waals surface area contributed by atoms with E-state index in [0.29, 0.717) is 18.6 Å². The van der Waals surface area contributed by atoms with E-state index in [0.717, 1.165) is 12.8 Å². The average molecular weight is 238 g/mol. The van der Waals surface area contributed by atoms with Gasteiger partial charge in [0.05, 0.1) is 0 Å². The van der Waals surface area contributed by atoms with Crippen LogP contribution in [0.25, 0.3) is 0 Å². The zero-order valence-electron chi connectivity index (χ0n) is 9.57. The summed E-state index contributed by atoms with van der Waals surface area (Å²) in [6, 6.07) is 0. The van der Waals surface area contributed by atoms with E-state index >= 15 is 0 Å². The van der Waals surface area contributed by atoms with Crippen molar-refractivity contribution in [2.75, 3.05) is 0 Å². The Hall–Kier alpha value is -0.380. The highest BCUT2D eigenvalue weighted by Crippen LogP contribution is 2.57. The molecule has 0 atom stereocenters. The molecule has 0 saturated heterocycles. The number of carbonyl (C=O) groups is 1. The first-order valence-corrected chi connectivity index (χ1v) is 7.20. The maximum atomic E-state index is 11.3. The van der Waals surface area contributed by atoms with Crippen molar-refractivity contribution < 1.29 is 4.79 Å². The van der Waals surface area contributed by atoms with Crippen LogP contribution in [-0.4, -0.2) is 15.5 Å². The molecule has 0 aromatic rings. The Labute approximate surface area is 100 Å². The van der Waals surface area contributed by atoms with E-state index in [2.05, 4.69) is 10.2 Å². The Morgan fingerprint density at radius 3 is 2.06 bits per heavy atom. The molecule has 3 aliphatic rings. The second-order valence-corrected chi connectivity index (χ2v) is 7.02. The van der Waals surface area contributed by atoms with Crippen molar-refractivity contribution in [3.8, 4) is 0 Å². The fourth-order valence-corrected chi connectivity index (χ4v) is 4.78. The molecule has 2 saturated carbocycles. The van der Waals surface area contributed by atoms with Crippen molar-refractivity contribution in [2.45, 2.75) is 67.5 Å². The minimum atomic E-state index is -0.0226. The molecule has 1 heterocycles. The zero-order valence-corrected chi connectivity index (χ0v) is 10.4. The predicted molar refractivity (Wildman–Crippen MR) is 64.5 cm³/mol. The number of hydrogen-bond acceptors (Lipinski definition) is 4. The molecule has 16 heavy (non-hydrogen) atoms. The van der Waals surface area contributed by atoms with Crippen LogP contribution in [-0.2, 0) is 4.79 Å². The highest BCUT2D eigenvalue weighted by Gasteiger charge is 2.49. The summed E-state index contributed by atoms with van der Waals surface area (Å²) in [5.74, 6) is 0.408. The van der Waals surface area contributed by atoms with Crippen molar-refractivity contribution in [3.05, 3.63) is 0 Å². The molecule has 3 nitrogen and oxygen atoms in total. The third-order valence-corrected chi connectivity index (χ3v) is 5.76. The van der Waals surface area contributed by atoms with Crippen molar-refractivity contribution in [3.63, 3.8) is 0 Å². The van der Waals surface area contributed by atoms with Gasteiger partial charge < -0.3 is 0 Å². The SMILES string of the molecule is O=C1CCC2(CC1)N=NC1(CCCCC1)S2. The van der Waals surface area contributed by atoms with Gasteiger partial charge in [-0.25, -0.2) is 0 Å². The Kier molecular flexibility index (Phi) is 2.57. The topological polar surface area (TPSA) is 41.8 Å². The summed E-state index contributed by atoms with van der Waals surface area (Å²) in [4.78, 5) is 11.4. The molecular weight excluding hydrogens is 220 g/mol. The molecule has 0 bridgehead atoms. The summed E-state index contributed by atoms with van der Waals surface area (Å²) in [6.45, 7) is 0. The van der Waals surface area contributed by atoms with Gasteiger partial charge in [0.2, 0.25) is 0 Å². The maximum Gasteiger partial charge on any atom is 0.133 e. The van der Waals surface area contributed by atoms with E-state index in [9.17, 15) is 4.79 Å². The van der Waals surface area contributed by atoms with E-state index in [1.54, 1.807) is 0 Å². The first-order chi connectivity index (χ1) is 7.72. The fourth-order valence-electron chi connectivity index (χ4n) is 3.00. The van der Waals surface area contributed by atoms with Crippen LogP contribution in [0.5, 0.6) is 0 Å². The maximum absolute atomic E-state index is 11.3. The van der Waals surface area contributed by atoms with Crippen LogP contribution in [0.3, 0.4) is 0 Å². The molecule has 0 radical (unpaired) electrons. The van der Waals surface area contributed by atoms with E-state index in [4.69, 9.17) is 0 Å². The van der Waals surface area contributed by atoms with Gasteiger partial charge in [-0.2, -0.15) is 10.2 Å². The van der Waals surface area contributed by atoms with Gasteiger partial charge >= 0.3 is 0 Å². The molecule has 0 aromatic carbocycles. The Morgan fingerprint density at radius 2 is 1.44 bits per heavy atom. The lowest BCUT2D eigenvalue weighted by Crippen LogP contribution is -2.31. The number of rotatable bonds is 0. The quantitative estimate of drug-likeness (QED) is 0.646. The van der Waals surface area contributed by atoms with Gasteiger partial charge in [0.25, 0.3) is 0 Å². The summed E-state index contributed by atoms with van der Waals surface area (Å²) in [6.07, 6.45) is 9.58. The number of thioether (sulfide) groups is 1. The molecule has 3 rings (SSSR count). The molecule has 88 valence electrons. The highest BCUT2D eigenvalue weighted by molar-refractivity contribution is 8.02. The van der Waals surface area contributed by atoms with E-state index in [1.165, 1.54) is 32.1 Å². The Balaban J connectivity index is 1.72. The lowest BCUT2D eigenvalue weighted by atomic mass is 9.94. The first kappa shape index (κ1) is 10.8. The summed E-state index contributed by atoms with van der Waals surface area (Å²) >= 11 is 1.97. The van der Waals surface area contributed by atoms with Crippen molar-refractivity contribution in [1.29, 1.82) is 0 Å². The summed E-state index contributed by atoms with van der Waals surface area (Å²) in [5.41, 5.74) is 0. The number of ketones is 1. The third-order valence-electron chi connectivity index (χ3n) is 4.02. The molecule has 2 fully saturated rings. The number of hydrogen-bond donors (Lipinski definition) is 0. The number of Topliss-reactive ketones (excluding diaryl/α,β-unsaturated/α-hetero) is 1. The predicted octanol–water partition coefficient (Wildman–Crippen LogP) is 3.69. The molecule has 0 N–H and O–H groups in total. The molecule has 0 amide bonds. The van der Waals surface area contributed by atoms with Crippen molar-refractivity contribution >= 4 is 17.5 Å². The van der Waals surface area contributed by atoms with Crippen LogP contribution in [0.4, 0.5) is 0 Å². The fraction of sp³-hybridized carbons (Fsp3) is 0.917. The molecule has 0 unspecified atom stereocenters. The normalized spacial score (nSPS) is 31.4. The third kappa shape index (κ3) is 1.81. The second-order valence-electron chi connectivity index (χ2n) is 5.29. The van der Waals surface area contributed by atoms with E-state index in [-0.39, 0.29) is 9.74 Å². The standard InChI is InChI=1S/C12H18N2OS/c15-10-4-8-12(9-5-10)14-13-11(16-12)6-2-1-3-7-11/h1-9H2. The molecule has 1 aliphatic heterocycles. The smallest absolute Gasteiger partial charge is 0.133 e. The van der Waals surface area contributed by atoms with Crippen LogP contribution in [0, 0.1) is 0 Å². The summed E-state index contributed by atoms with van der Waals surface area (Å²) in [5, 5.41) is 9.18. The van der Waals surface area contributed by atoms with Gasteiger partial charge in [-0.15, -0.1) is 0 Å². The van der Waals surface area contributed by atoms with Gasteiger partial charge in [-0.1, -0.05) is 31.0 Å². The van der Waals surface area contributed by atoms with E-state index in [1.807, 2.05) is 11.8 Å². The number of azo groups is 1. The van der Waals surface area contributed by atoms with Gasteiger partial charge in [-0.3, -0.25) is 4.79 Å². The molecule has 0 aromatic heterocycles. The lowest BCUT2D eigenvalue weighted by molar-refractivity contribution is -0.120. The van der Waals surface area contributed by atoms with Gasteiger partial charge in [-0.05, 0) is 25.7 Å². The first-order valence-electron chi connectivity index (χ1n) is 6.38. The molecular formula is C12H18N2OS. The van der Waals surface area contributed by atoms with Crippen molar-refractivity contribution in [1.82, 2.24) is 0 Å². The summed E-state index contributed by atoms with van der Waals surface area (Å²) < 4.78 is 0. The van der Waals surface area contributed by atoms with Crippen LogP contribution >= 0.6 is 11.8 Å². The average Bonchev–Trinajstić information content (AvgIpc) is 2.64. The van der Waals surface area contributed by atoms with Gasteiger partial charge in [0, 0.05) is 12.8 Å². The monoisotopic (exact) mass is 238 g/mol. The molecule has 2 aliphatic carbocycles. The summed E-state index contributed by atoms with van der Waals surface area (Å²) in [7, 11) is 0. The van der Waals surface area contributed by atoms with Crippen molar-refractivity contribution in [2.24, 2.45) is 10.2 Å². The van der Waals surface area contributed by atoms with E-state index < -0.39 is 0 Å². The highest BCUT2D eigenvalue weighted by atomic mass is 32.2. The number of nitrogens with zero attached hydrogens (tertiary/aromatic N) is 2. The van der Waals surface area contributed by atoms with Crippen LogP contribution < -0.4 is 0 Å². The van der Waals surface area contributed by atoms with Crippen LogP contribution in [0.15, 0.2) is 10.2 Å². The van der Waals surface area contributed by atoms with Gasteiger partial charge in [0.1, 0.15) is 15.5 Å².